The van der Waals surface area contributed by atoms with Gasteiger partial charge in [-0.05, 0) is 50.9 Å². The Balaban J connectivity index is 1.75. The van der Waals surface area contributed by atoms with Crippen LogP contribution < -0.4 is 20.7 Å². The number of carbonyl (C=O) groups is 1. The van der Waals surface area contributed by atoms with E-state index in [0.717, 1.165) is 31.6 Å². The minimum Gasteiger partial charge on any atom is -0.495 e. The molecule has 0 aromatic heterocycles. The minimum atomic E-state index is -0.237. The highest BCUT2D eigenvalue weighted by atomic mass is 16.5. The summed E-state index contributed by atoms with van der Waals surface area (Å²) in [5, 5.41) is 2.88. The quantitative estimate of drug-likeness (QED) is 0.626. The van der Waals surface area contributed by atoms with Crippen LogP contribution in [-0.2, 0) is 4.79 Å². The number of nitrogens with two attached hydrogens (primary N) is 1. The van der Waals surface area contributed by atoms with Gasteiger partial charge in [-0.2, -0.15) is 0 Å². The molecule has 2 heterocycles. The van der Waals surface area contributed by atoms with E-state index in [9.17, 15) is 4.79 Å². The smallest absolute Gasteiger partial charge is 0.247 e. The lowest BCUT2D eigenvalue weighted by Gasteiger charge is -2.41. The first-order valence-corrected chi connectivity index (χ1v) is 9.52. The molecular formula is C20H30N4O2. The third-order valence-electron chi connectivity index (χ3n) is 5.50. The van der Waals surface area contributed by atoms with Crippen molar-refractivity contribution in [1.82, 2.24) is 4.90 Å². The zero-order valence-electron chi connectivity index (χ0n) is 15.7. The Kier molecular flexibility index (Phi) is 6.04. The van der Waals surface area contributed by atoms with Gasteiger partial charge in [0, 0.05) is 25.2 Å². The predicted octanol–water partition coefficient (Wildman–Crippen LogP) is 2.86. The monoisotopic (exact) mass is 358 g/mol. The van der Waals surface area contributed by atoms with Crippen LogP contribution in [0.5, 0.6) is 5.75 Å². The molecule has 3 rings (SSSR count). The number of piperidine rings is 2. The predicted molar refractivity (Wildman–Crippen MR) is 107 cm³/mol. The van der Waals surface area contributed by atoms with E-state index >= 15 is 0 Å². The fourth-order valence-electron chi connectivity index (χ4n) is 4.06. The number of anilines is 3. The van der Waals surface area contributed by atoms with Crippen molar-refractivity contribution in [3.63, 3.8) is 0 Å². The number of likely N-dealkylation sites (tertiary alicyclic amines) is 1. The normalized spacial score (nSPS) is 19.2. The molecule has 0 saturated carbocycles. The first kappa shape index (κ1) is 18.6. The highest BCUT2D eigenvalue weighted by Crippen LogP contribution is 2.37. The second kappa shape index (κ2) is 8.45. The molecule has 142 valence electrons. The van der Waals surface area contributed by atoms with Crippen LogP contribution in [-0.4, -0.2) is 50.1 Å². The SMILES string of the molecule is C=CC(=O)Nc1cc(N)c(OC)cc1N1CCC(N2CCCCC2)CC1. The zero-order valence-corrected chi connectivity index (χ0v) is 15.7. The average Bonchev–Trinajstić information content (AvgIpc) is 2.69. The molecule has 6 nitrogen and oxygen atoms in total. The van der Waals surface area contributed by atoms with Crippen LogP contribution in [0.25, 0.3) is 0 Å². The fourth-order valence-corrected chi connectivity index (χ4v) is 4.06. The van der Waals surface area contributed by atoms with E-state index in [1.807, 2.05) is 6.07 Å². The molecule has 0 atom stereocenters. The number of carbonyl (C=O) groups excluding carboxylic acids is 1. The fraction of sp³-hybridized carbons (Fsp3) is 0.550. The van der Waals surface area contributed by atoms with Crippen LogP contribution in [0.2, 0.25) is 0 Å². The summed E-state index contributed by atoms with van der Waals surface area (Å²) < 4.78 is 5.39. The van der Waals surface area contributed by atoms with Crippen LogP contribution in [0.1, 0.15) is 32.1 Å². The Labute approximate surface area is 156 Å². The van der Waals surface area contributed by atoms with E-state index in [2.05, 4.69) is 21.7 Å². The molecule has 6 heteroatoms. The topological polar surface area (TPSA) is 70.8 Å². The number of nitrogens with one attached hydrogen (secondary N) is 1. The molecule has 26 heavy (non-hydrogen) atoms. The van der Waals surface area contributed by atoms with Crippen molar-refractivity contribution in [3.05, 3.63) is 24.8 Å². The maximum absolute atomic E-state index is 11.8. The Morgan fingerprint density at radius 2 is 1.92 bits per heavy atom. The van der Waals surface area contributed by atoms with Gasteiger partial charge in [0.2, 0.25) is 5.91 Å². The Morgan fingerprint density at radius 3 is 2.54 bits per heavy atom. The second-order valence-corrected chi connectivity index (χ2v) is 7.12. The van der Waals surface area contributed by atoms with E-state index in [4.69, 9.17) is 10.5 Å². The summed E-state index contributed by atoms with van der Waals surface area (Å²) in [6, 6.07) is 4.37. The van der Waals surface area contributed by atoms with E-state index in [-0.39, 0.29) is 5.91 Å². The molecule has 0 unspecified atom stereocenters. The van der Waals surface area contributed by atoms with Gasteiger partial charge in [0.15, 0.2) is 0 Å². The molecule has 1 aromatic carbocycles. The molecule has 2 fully saturated rings. The highest BCUT2D eigenvalue weighted by Gasteiger charge is 2.27. The molecule has 0 spiro atoms. The number of hydrogen-bond donors (Lipinski definition) is 2. The van der Waals surface area contributed by atoms with Gasteiger partial charge in [0.25, 0.3) is 0 Å². The number of hydrogen-bond acceptors (Lipinski definition) is 5. The number of benzene rings is 1. The van der Waals surface area contributed by atoms with Crippen LogP contribution in [0.15, 0.2) is 24.8 Å². The Morgan fingerprint density at radius 1 is 1.23 bits per heavy atom. The van der Waals surface area contributed by atoms with Gasteiger partial charge < -0.3 is 25.6 Å². The summed E-state index contributed by atoms with van der Waals surface area (Å²) in [4.78, 5) is 16.8. The lowest BCUT2D eigenvalue weighted by molar-refractivity contribution is -0.111. The molecule has 0 aliphatic carbocycles. The zero-order chi connectivity index (χ0) is 18.5. The van der Waals surface area contributed by atoms with Crippen LogP contribution in [0.4, 0.5) is 17.1 Å². The van der Waals surface area contributed by atoms with E-state index < -0.39 is 0 Å². The molecule has 0 radical (unpaired) electrons. The van der Waals surface area contributed by atoms with E-state index in [0.29, 0.717) is 23.2 Å². The number of nitrogens with zero attached hydrogens (tertiary/aromatic N) is 2. The van der Waals surface area contributed by atoms with Crippen molar-refractivity contribution in [3.8, 4) is 5.75 Å². The third-order valence-corrected chi connectivity index (χ3v) is 5.50. The summed E-state index contributed by atoms with van der Waals surface area (Å²) in [7, 11) is 1.61. The first-order valence-electron chi connectivity index (χ1n) is 9.52. The number of ether oxygens (including phenoxy) is 1. The number of nitrogen functional groups attached to an aromatic ring is 1. The van der Waals surface area contributed by atoms with Crippen LogP contribution in [0, 0.1) is 0 Å². The molecule has 3 N–H and O–H groups in total. The van der Waals surface area contributed by atoms with Crippen LogP contribution in [0.3, 0.4) is 0 Å². The average molecular weight is 358 g/mol. The molecule has 2 saturated heterocycles. The van der Waals surface area contributed by atoms with E-state index in [1.165, 1.54) is 38.4 Å². The number of rotatable bonds is 5. The van der Waals surface area contributed by atoms with Crippen molar-refractivity contribution < 1.29 is 9.53 Å². The Bertz CT molecular complexity index is 647. The maximum Gasteiger partial charge on any atom is 0.247 e. The Hall–Kier alpha value is -2.21. The van der Waals surface area contributed by atoms with Gasteiger partial charge >= 0.3 is 0 Å². The van der Waals surface area contributed by atoms with Gasteiger partial charge in [-0.1, -0.05) is 13.0 Å². The first-order chi connectivity index (χ1) is 12.6. The summed E-state index contributed by atoms with van der Waals surface area (Å²) in [6.07, 6.45) is 7.57. The minimum absolute atomic E-state index is 0.237. The van der Waals surface area contributed by atoms with Crippen LogP contribution >= 0.6 is 0 Å². The van der Waals surface area contributed by atoms with Gasteiger partial charge in [-0.3, -0.25) is 4.79 Å². The number of methoxy groups -OCH3 is 1. The second-order valence-electron chi connectivity index (χ2n) is 7.12. The summed E-state index contributed by atoms with van der Waals surface area (Å²) in [5.41, 5.74) is 8.23. The summed E-state index contributed by atoms with van der Waals surface area (Å²) >= 11 is 0. The highest BCUT2D eigenvalue weighted by molar-refractivity contribution is 6.02. The largest absolute Gasteiger partial charge is 0.495 e. The lowest BCUT2D eigenvalue weighted by atomic mass is 9.99. The maximum atomic E-state index is 11.8. The van der Waals surface area contributed by atoms with Crippen molar-refractivity contribution in [2.45, 2.75) is 38.1 Å². The standard InChI is InChI=1S/C20H30N4O2/c1-3-20(25)22-17-13-16(21)19(26-2)14-18(17)24-11-7-15(8-12-24)23-9-5-4-6-10-23/h3,13-15H,1,4-12,21H2,2H3,(H,22,25). The van der Waals surface area contributed by atoms with Crippen molar-refractivity contribution in [2.24, 2.45) is 0 Å². The van der Waals surface area contributed by atoms with Gasteiger partial charge in [-0.25, -0.2) is 0 Å². The van der Waals surface area contributed by atoms with Crippen molar-refractivity contribution in [1.29, 1.82) is 0 Å². The lowest BCUT2D eigenvalue weighted by Crippen LogP contribution is -2.46. The van der Waals surface area contributed by atoms with Crippen molar-refractivity contribution >= 4 is 23.0 Å². The van der Waals surface area contributed by atoms with Crippen molar-refractivity contribution in [2.75, 3.05) is 49.2 Å². The molecule has 0 bridgehead atoms. The number of amides is 1. The molecule has 1 aromatic rings. The van der Waals surface area contributed by atoms with Gasteiger partial charge in [0.05, 0.1) is 24.2 Å². The third kappa shape index (κ3) is 4.12. The summed E-state index contributed by atoms with van der Waals surface area (Å²) in [5.74, 6) is 0.397. The van der Waals surface area contributed by atoms with Gasteiger partial charge in [0.1, 0.15) is 5.75 Å². The van der Waals surface area contributed by atoms with Gasteiger partial charge in [-0.15, -0.1) is 0 Å². The molecule has 1 amide bonds. The summed E-state index contributed by atoms with van der Waals surface area (Å²) in [6.45, 7) is 7.93. The van der Waals surface area contributed by atoms with E-state index in [1.54, 1.807) is 13.2 Å². The molecule has 2 aliphatic rings. The molecular weight excluding hydrogens is 328 g/mol. The molecule has 2 aliphatic heterocycles.